The quantitative estimate of drug-likeness (QED) is 0.794. The minimum absolute atomic E-state index is 0.00888. The van der Waals surface area contributed by atoms with E-state index in [0.717, 1.165) is 25.9 Å². The van der Waals surface area contributed by atoms with Crippen LogP contribution in [-0.2, 0) is 10.0 Å². The standard InChI is InChI=1S/C12H17BrClN3O2S/c1-2-17-5-3-4-10(17)8-16-20(18,19)11-6-9(13)7-15-12(11)14/h6-7,10,16H,2-5,8H2,1H3. The lowest BCUT2D eigenvalue weighted by atomic mass is 10.2. The molecule has 112 valence electrons. The molecule has 0 aromatic carbocycles. The second-order valence-electron chi connectivity index (χ2n) is 4.72. The number of pyridine rings is 1. The Morgan fingerprint density at radius 2 is 2.35 bits per heavy atom. The van der Waals surface area contributed by atoms with Crippen molar-refractivity contribution in [2.24, 2.45) is 0 Å². The van der Waals surface area contributed by atoms with Crippen LogP contribution in [0.3, 0.4) is 0 Å². The molecule has 8 heteroatoms. The molecular formula is C12H17BrClN3O2S. The lowest BCUT2D eigenvalue weighted by molar-refractivity contribution is 0.268. The number of likely N-dealkylation sites (N-methyl/N-ethyl adjacent to an activating group) is 1. The third kappa shape index (κ3) is 3.71. The zero-order valence-corrected chi connectivity index (χ0v) is 14.3. The highest BCUT2D eigenvalue weighted by Gasteiger charge is 2.26. The summed E-state index contributed by atoms with van der Waals surface area (Å²) in [6.07, 6.45) is 3.59. The van der Waals surface area contributed by atoms with Crippen molar-refractivity contribution in [3.8, 4) is 0 Å². The maximum absolute atomic E-state index is 12.3. The Kier molecular flexibility index (Phi) is 5.42. The van der Waals surface area contributed by atoms with E-state index in [4.69, 9.17) is 11.6 Å². The highest BCUT2D eigenvalue weighted by molar-refractivity contribution is 9.10. The second-order valence-corrected chi connectivity index (χ2v) is 7.73. The minimum atomic E-state index is -3.63. The smallest absolute Gasteiger partial charge is 0.243 e. The molecule has 1 aromatic heterocycles. The van der Waals surface area contributed by atoms with Gasteiger partial charge in [-0.3, -0.25) is 4.90 Å². The van der Waals surface area contributed by atoms with E-state index in [-0.39, 0.29) is 16.1 Å². The average molecular weight is 383 g/mol. The van der Waals surface area contributed by atoms with Gasteiger partial charge in [0, 0.05) is 23.3 Å². The van der Waals surface area contributed by atoms with Crippen molar-refractivity contribution in [3.05, 3.63) is 21.9 Å². The normalized spacial score (nSPS) is 20.4. The monoisotopic (exact) mass is 381 g/mol. The molecule has 0 radical (unpaired) electrons. The summed E-state index contributed by atoms with van der Waals surface area (Å²) in [5, 5.41) is -0.0144. The molecule has 1 saturated heterocycles. The van der Waals surface area contributed by atoms with Crippen molar-refractivity contribution in [2.45, 2.75) is 30.7 Å². The van der Waals surface area contributed by atoms with Crippen LogP contribution in [0, 0.1) is 0 Å². The first-order valence-electron chi connectivity index (χ1n) is 6.49. The Balaban J connectivity index is 2.09. The molecule has 1 N–H and O–H groups in total. The van der Waals surface area contributed by atoms with E-state index in [9.17, 15) is 8.42 Å². The molecule has 20 heavy (non-hydrogen) atoms. The van der Waals surface area contributed by atoms with Gasteiger partial charge >= 0.3 is 0 Å². The fourth-order valence-electron chi connectivity index (χ4n) is 2.42. The Morgan fingerprint density at radius 1 is 1.60 bits per heavy atom. The molecule has 0 amide bonds. The van der Waals surface area contributed by atoms with E-state index in [1.165, 1.54) is 12.3 Å². The molecule has 1 aliphatic rings. The Labute approximate surface area is 132 Å². The van der Waals surface area contributed by atoms with Crippen molar-refractivity contribution >= 4 is 37.6 Å². The summed E-state index contributed by atoms with van der Waals surface area (Å²) in [6, 6.07) is 1.72. The van der Waals surface area contributed by atoms with Gasteiger partial charge in [0.05, 0.1) is 0 Å². The maximum Gasteiger partial charge on any atom is 0.243 e. The molecule has 1 fully saturated rings. The van der Waals surface area contributed by atoms with Crippen molar-refractivity contribution in [2.75, 3.05) is 19.6 Å². The first-order chi connectivity index (χ1) is 9.44. The summed E-state index contributed by atoms with van der Waals surface area (Å²) in [6.45, 7) is 4.45. The summed E-state index contributed by atoms with van der Waals surface area (Å²) >= 11 is 9.08. The number of nitrogens with zero attached hydrogens (tertiary/aromatic N) is 2. The van der Waals surface area contributed by atoms with Gasteiger partial charge in [0.1, 0.15) is 10.0 Å². The number of sulfonamides is 1. The zero-order chi connectivity index (χ0) is 14.8. The Morgan fingerprint density at radius 3 is 3.05 bits per heavy atom. The van der Waals surface area contributed by atoms with Crippen LogP contribution >= 0.6 is 27.5 Å². The summed E-state index contributed by atoms with van der Waals surface area (Å²) < 4.78 is 27.8. The van der Waals surface area contributed by atoms with Crippen LogP contribution in [0.5, 0.6) is 0 Å². The van der Waals surface area contributed by atoms with Gasteiger partial charge < -0.3 is 0 Å². The fraction of sp³-hybridized carbons (Fsp3) is 0.583. The summed E-state index contributed by atoms with van der Waals surface area (Å²) in [5.74, 6) is 0. The van der Waals surface area contributed by atoms with Gasteiger partial charge in [-0.1, -0.05) is 18.5 Å². The molecule has 0 saturated carbocycles. The predicted octanol–water partition coefficient (Wildman–Crippen LogP) is 2.26. The molecule has 1 unspecified atom stereocenters. The number of rotatable bonds is 5. The van der Waals surface area contributed by atoms with Crippen LogP contribution in [-0.4, -0.2) is 44.0 Å². The van der Waals surface area contributed by atoms with Gasteiger partial charge in [-0.2, -0.15) is 0 Å². The van der Waals surface area contributed by atoms with Crippen molar-refractivity contribution in [3.63, 3.8) is 0 Å². The number of aromatic nitrogens is 1. The number of hydrogen-bond donors (Lipinski definition) is 1. The number of hydrogen-bond acceptors (Lipinski definition) is 4. The Hall–Kier alpha value is -0.210. The summed E-state index contributed by atoms with van der Waals surface area (Å²) in [5.41, 5.74) is 0. The van der Waals surface area contributed by atoms with Gasteiger partial charge in [0.25, 0.3) is 0 Å². The fourth-order valence-corrected chi connectivity index (χ4v) is 4.43. The SMILES string of the molecule is CCN1CCCC1CNS(=O)(=O)c1cc(Br)cnc1Cl. The first kappa shape index (κ1) is 16.2. The second kappa shape index (κ2) is 6.70. The molecule has 1 aromatic rings. The van der Waals surface area contributed by atoms with Crippen molar-refractivity contribution in [1.29, 1.82) is 0 Å². The third-order valence-electron chi connectivity index (χ3n) is 3.48. The molecule has 5 nitrogen and oxygen atoms in total. The highest BCUT2D eigenvalue weighted by Crippen LogP contribution is 2.23. The molecular weight excluding hydrogens is 366 g/mol. The molecule has 2 rings (SSSR count). The molecule has 0 aliphatic carbocycles. The maximum atomic E-state index is 12.3. The van der Waals surface area contributed by atoms with Gasteiger partial charge in [0.15, 0.2) is 0 Å². The average Bonchev–Trinajstić information content (AvgIpc) is 2.86. The van der Waals surface area contributed by atoms with Crippen LogP contribution in [0.4, 0.5) is 0 Å². The van der Waals surface area contributed by atoms with Crippen LogP contribution in [0.15, 0.2) is 21.6 Å². The molecule has 1 atom stereocenters. The molecule has 2 heterocycles. The number of halogens is 2. The van der Waals surface area contributed by atoms with Crippen LogP contribution in [0.1, 0.15) is 19.8 Å². The van der Waals surface area contributed by atoms with Crippen molar-refractivity contribution < 1.29 is 8.42 Å². The largest absolute Gasteiger partial charge is 0.299 e. The van der Waals surface area contributed by atoms with Crippen LogP contribution in [0.2, 0.25) is 5.15 Å². The third-order valence-corrected chi connectivity index (χ3v) is 5.76. The van der Waals surface area contributed by atoms with Crippen molar-refractivity contribution in [1.82, 2.24) is 14.6 Å². The topological polar surface area (TPSA) is 62.3 Å². The van der Waals surface area contributed by atoms with Gasteiger partial charge in [-0.25, -0.2) is 18.1 Å². The Bertz CT molecular complexity index is 582. The minimum Gasteiger partial charge on any atom is -0.299 e. The van der Waals surface area contributed by atoms with E-state index >= 15 is 0 Å². The lowest BCUT2D eigenvalue weighted by Crippen LogP contribution is -2.40. The van der Waals surface area contributed by atoms with E-state index in [1.54, 1.807) is 0 Å². The molecule has 0 spiro atoms. The van der Waals surface area contributed by atoms with Gasteiger partial charge in [-0.15, -0.1) is 0 Å². The predicted molar refractivity (Wildman–Crippen MR) is 82.4 cm³/mol. The van der Waals surface area contributed by atoms with Gasteiger partial charge in [-0.05, 0) is 47.9 Å². The molecule has 0 bridgehead atoms. The van der Waals surface area contributed by atoms with Crippen LogP contribution in [0.25, 0.3) is 0 Å². The molecule has 1 aliphatic heterocycles. The van der Waals surface area contributed by atoms with E-state index in [2.05, 4.69) is 37.5 Å². The summed E-state index contributed by atoms with van der Waals surface area (Å²) in [7, 11) is -3.63. The summed E-state index contributed by atoms with van der Waals surface area (Å²) in [4.78, 5) is 6.13. The van der Waals surface area contributed by atoms with E-state index in [0.29, 0.717) is 11.0 Å². The highest BCUT2D eigenvalue weighted by atomic mass is 79.9. The lowest BCUT2D eigenvalue weighted by Gasteiger charge is -2.22. The number of nitrogens with one attached hydrogen (secondary N) is 1. The zero-order valence-electron chi connectivity index (χ0n) is 11.1. The van der Waals surface area contributed by atoms with Gasteiger partial charge in [0.2, 0.25) is 10.0 Å². The van der Waals surface area contributed by atoms with Crippen LogP contribution < -0.4 is 4.72 Å². The first-order valence-corrected chi connectivity index (χ1v) is 9.14. The van der Waals surface area contributed by atoms with E-state index < -0.39 is 10.0 Å². The number of likely N-dealkylation sites (tertiary alicyclic amines) is 1. The van der Waals surface area contributed by atoms with E-state index in [1.807, 2.05) is 0 Å².